The van der Waals surface area contributed by atoms with Crippen molar-refractivity contribution in [2.45, 2.75) is 38.5 Å². The van der Waals surface area contributed by atoms with Crippen LogP contribution in [0.1, 0.15) is 25.2 Å². The molecule has 9 heteroatoms. The maximum atomic E-state index is 13.1. The van der Waals surface area contributed by atoms with E-state index in [0.717, 1.165) is 5.69 Å². The number of nitrogens with one attached hydrogen (secondary N) is 1. The standard InChI is InChI=1S/C23H24N6O2S/c1-15(2)28(12-20-25-19-7-5-4-6-18(19)22(31)26-20)21(30)13-32-23-27-24-14-29(23)17-10-8-16(3)9-11-17/h4-11,14-15H,12-13H2,1-3H3,(H,25,26,31). The van der Waals surface area contributed by atoms with E-state index in [9.17, 15) is 9.59 Å². The highest BCUT2D eigenvalue weighted by atomic mass is 32.2. The Morgan fingerprint density at radius 3 is 2.66 bits per heavy atom. The lowest BCUT2D eigenvalue weighted by atomic mass is 10.2. The Morgan fingerprint density at radius 2 is 1.91 bits per heavy atom. The van der Waals surface area contributed by atoms with Crippen molar-refractivity contribution in [3.05, 3.63) is 76.6 Å². The number of hydrogen-bond donors (Lipinski definition) is 1. The zero-order chi connectivity index (χ0) is 22.7. The summed E-state index contributed by atoms with van der Waals surface area (Å²) in [5.74, 6) is 0.587. The van der Waals surface area contributed by atoms with E-state index < -0.39 is 0 Å². The van der Waals surface area contributed by atoms with Crippen molar-refractivity contribution >= 4 is 28.6 Å². The molecule has 0 atom stereocenters. The highest BCUT2D eigenvalue weighted by Crippen LogP contribution is 2.21. The monoisotopic (exact) mass is 448 g/mol. The van der Waals surface area contributed by atoms with Gasteiger partial charge in [-0.3, -0.25) is 14.2 Å². The van der Waals surface area contributed by atoms with E-state index in [1.165, 1.54) is 17.3 Å². The minimum atomic E-state index is -0.206. The third kappa shape index (κ3) is 4.72. The molecule has 0 bridgehead atoms. The van der Waals surface area contributed by atoms with Crippen molar-refractivity contribution in [1.82, 2.24) is 29.6 Å². The first-order chi connectivity index (χ1) is 15.4. The summed E-state index contributed by atoms with van der Waals surface area (Å²) >= 11 is 1.33. The van der Waals surface area contributed by atoms with Gasteiger partial charge in [0.05, 0.1) is 23.2 Å². The van der Waals surface area contributed by atoms with Gasteiger partial charge in [0.1, 0.15) is 12.2 Å². The van der Waals surface area contributed by atoms with Crippen molar-refractivity contribution in [2.24, 2.45) is 0 Å². The molecule has 0 fully saturated rings. The molecule has 0 saturated heterocycles. The second-order valence-electron chi connectivity index (χ2n) is 7.75. The third-order valence-corrected chi connectivity index (χ3v) is 6.01. The van der Waals surface area contributed by atoms with Gasteiger partial charge in [0.2, 0.25) is 5.91 Å². The maximum absolute atomic E-state index is 13.1. The number of aromatic nitrogens is 5. The highest BCUT2D eigenvalue weighted by Gasteiger charge is 2.20. The summed E-state index contributed by atoms with van der Waals surface area (Å²) in [5.41, 5.74) is 2.51. The Hall–Kier alpha value is -3.46. The quantitative estimate of drug-likeness (QED) is 0.436. The van der Waals surface area contributed by atoms with Crippen LogP contribution in [0.15, 0.2) is 64.8 Å². The summed E-state index contributed by atoms with van der Waals surface area (Å²) in [5, 5.41) is 9.34. The molecule has 32 heavy (non-hydrogen) atoms. The van der Waals surface area contributed by atoms with Gasteiger partial charge in [0, 0.05) is 11.7 Å². The van der Waals surface area contributed by atoms with E-state index in [-0.39, 0.29) is 29.8 Å². The number of nitrogens with zero attached hydrogens (tertiary/aromatic N) is 5. The molecular formula is C23H24N6O2S. The van der Waals surface area contributed by atoms with E-state index in [4.69, 9.17) is 0 Å². The summed E-state index contributed by atoms with van der Waals surface area (Å²) in [6.07, 6.45) is 1.64. The van der Waals surface area contributed by atoms with E-state index >= 15 is 0 Å². The van der Waals surface area contributed by atoms with Crippen LogP contribution in [0.2, 0.25) is 0 Å². The fourth-order valence-corrected chi connectivity index (χ4v) is 4.16. The molecule has 0 unspecified atom stereocenters. The van der Waals surface area contributed by atoms with Gasteiger partial charge in [-0.15, -0.1) is 10.2 Å². The Morgan fingerprint density at radius 1 is 1.16 bits per heavy atom. The number of thioether (sulfide) groups is 1. The number of amides is 1. The molecule has 164 valence electrons. The average molecular weight is 449 g/mol. The molecule has 2 aromatic heterocycles. The van der Waals surface area contributed by atoms with E-state index in [2.05, 4.69) is 20.2 Å². The van der Waals surface area contributed by atoms with Crippen molar-refractivity contribution in [3.8, 4) is 5.69 Å². The number of carbonyl (C=O) groups excluding carboxylic acids is 1. The van der Waals surface area contributed by atoms with Gasteiger partial charge in [-0.25, -0.2) is 4.98 Å². The van der Waals surface area contributed by atoms with Crippen molar-refractivity contribution in [3.63, 3.8) is 0 Å². The molecule has 0 saturated carbocycles. The van der Waals surface area contributed by atoms with E-state index in [1.807, 2.05) is 55.7 Å². The van der Waals surface area contributed by atoms with Crippen LogP contribution in [0.25, 0.3) is 16.6 Å². The molecular weight excluding hydrogens is 424 g/mol. The minimum absolute atomic E-state index is 0.0603. The molecule has 4 aromatic rings. The number of rotatable bonds is 7. The summed E-state index contributed by atoms with van der Waals surface area (Å²) in [6, 6.07) is 15.1. The number of aromatic amines is 1. The predicted molar refractivity (Wildman–Crippen MR) is 125 cm³/mol. The third-order valence-electron chi connectivity index (χ3n) is 5.08. The number of hydrogen-bond acceptors (Lipinski definition) is 6. The molecule has 1 N–H and O–H groups in total. The number of H-pyrrole nitrogens is 1. The van der Waals surface area contributed by atoms with Crippen LogP contribution in [0.5, 0.6) is 0 Å². The Balaban J connectivity index is 1.49. The molecule has 8 nitrogen and oxygen atoms in total. The lowest BCUT2D eigenvalue weighted by Gasteiger charge is -2.26. The lowest BCUT2D eigenvalue weighted by Crippen LogP contribution is -2.38. The van der Waals surface area contributed by atoms with Gasteiger partial charge in [0.15, 0.2) is 5.16 Å². The van der Waals surface area contributed by atoms with Gasteiger partial charge in [-0.05, 0) is 45.0 Å². The second-order valence-corrected chi connectivity index (χ2v) is 8.70. The zero-order valence-corrected chi connectivity index (χ0v) is 19.0. The summed E-state index contributed by atoms with van der Waals surface area (Å²) in [6.45, 7) is 6.14. The van der Waals surface area contributed by atoms with Crippen LogP contribution in [-0.4, -0.2) is 47.3 Å². The second kappa shape index (κ2) is 9.35. The Bertz CT molecular complexity index is 1300. The van der Waals surface area contributed by atoms with Crippen molar-refractivity contribution < 1.29 is 4.79 Å². The number of aryl methyl sites for hydroxylation is 1. The van der Waals surface area contributed by atoms with Crippen molar-refractivity contribution in [1.29, 1.82) is 0 Å². The Kier molecular flexibility index (Phi) is 6.36. The minimum Gasteiger partial charge on any atom is -0.332 e. The van der Waals surface area contributed by atoms with Gasteiger partial charge in [-0.1, -0.05) is 41.6 Å². The molecule has 2 aromatic carbocycles. The summed E-state index contributed by atoms with van der Waals surface area (Å²) in [7, 11) is 0. The maximum Gasteiger partial charge on any atom is 0.258 e. The largest absolute Gasteiger partial charge is 0.332 e. The first-order valence-electron chi connectivity index (χ1n) is 10.3. The fraction of sp³-hybridized carbons (Fsp3) is 0.261. The van der Waals surface area contributed by atoms with Crippen LogP contribution in [-0.2, 0) is 11.3 Å². The molecule has 1 amide bonds. The van der Waals surface area contributed by atoms with Crippen LogP contribution in [0.3, 0.4) is 0 Å². The highest BCUT2D eigenvalue weighted by molar-refractivity contribution is 7.99. The molecule has 2 heterocycles. The van der Waals surface area contributed by atoms with Crippen LogP contribution in [0, 0.1) is 6.92 Å². The molecule has 4 rings (SSSR count). The van der Waals surface area contributed by atoms with Crippen molar-refractivity contribution in [2.75, 3.05) is 5.75 Å². The lowest BCUT2D eigenvalue weighted by molar-refractivity contribution is -0.130. The number of benzene rings is 2. The van der Waals surface area contributed by atoms with E-state index in [1.54, 1.807) is 29.4 Å². The van der Waals surface area contributed by atoms with Gasteiger partial charge in [0.25, 0.3) is 5.56 Å². The fourth-order valence-electron chi connectivity index (χ4n) is 3.34. The van der Waals surface area contributed by atoms with Crippen LogP contribution >= 0.6 is 11.8 Å². The van der Waals surface area contributed by atoms with E-state index in [0.29, 0.717) is 21.9 Å². The summed E-state index contributed by atoms with van der Waals surface area (Å²) < 4.78 is 1.86. The van der Waals surface area contributed by atoms with Gasteiger partial charge < -0.3 is 9.88 Å². The van der Waals surface area contributed by atoms with Crippen LogP contribution < -0.4 is 5.56 Å². The predicted octanol–water partition coefficient (Wildman–Crippen LogP) is 3.34. The first kappa shape index (κ1) is 21.8. The number of carbonyl (C=O) groups is 1. The topological polar surface area (TPSA) is 96.8 Å². The smallest absolute Gasteiger partial charge is 0.258 e. The number of fused-ring (bicyclic) bond motifs is 1. The normalized spacial score (nSPS) is 11.2. The van der Waals surface area contributed by atoms with Crippen LogP contribution in [0.4, 0.5) is 0 Å². The average Bonchev–Trinajstić information content (AvgIpc) is 3.25. The Labute approximate surface area is 189 Å². The SMILES string of the molecule is Cc1ccc(-n2cnnc2SCC(=O)N(Cc2nc3ccccc3c(=O)[nH]2)C(C)C)cc1. The molecule has 0 spiro atoms. The molecule has 0 aliphatic rings. The molecule has 0 aliphatic carbocycles. The molecule has 0 radical (unpaired) electrons. The number of para-hydroxylation sites is 1. The van der Waals surface area contributed by atoms with Gasteiger partial charge >= 0.3 is 0 Å². The summed E-state index contributed by atoms with van der Waals surface area (Å²) in [4.78, 5) is 34.5. The zero-order valence-electron chi connectivity index (χ0n) is 18.1. The first-order valence-corrected chi connectivity index (χ1v) is 11.3. The molecule has 0 aliphatic heterocycles. The van der Waals surface area contributed by atoms with Gasteiger partial charge in [-0.2, -0.15) is 0 Å².